The molecule has 1 fully saturated rings. The Bertz CT molecular complexity index is 326. The molecule has 4 heteroatoms. The van der Waals surface area contributed by atoms with E-state index in [-0.39, 0.29) is 11.3 Å². The van der Waals surface area contributed by atoms with E-state index in [0.717, 1.165) is 5.56 Å². The number of rotatable bonds is 2. The topological polar surface area (TPSA) is 9.23 Å². The lowest BCUT2D eigenvalue weighted by Gasteiger charge is -2.24. The molecule has 1 aliphatic rings. The maximum atomic E-state index is 6.35. The number of benzene rings is 1. The molecular weight excluding hydrogens is 254 g/mol. The fraction of sp³-hybridized carbons (Fsp3) is 0.455. The van der Waals surface area contributed by atoms with E-state index in [0.29, 0.717) is 13.2 Å². The quantitative estimate of drug-likeness (QED) is 0.739. The van der Waals surface area contributed by atoms with E-state index in [1.165, 1.54) is 0 Å². The van der Waals surface area contributed by atoms with Crippen molar-refractivity contribution < 1.29 is 4.74 Å². The molecule has 0 spiro atoms. The van der Waals surface area contributed by atoms with E-state index in [9.17, 15) is 0 Å². The molecule has 0 bridgehead atoms. The third-order valence-corrected chi connectivity index (χ3v) is 3.94. The van der Waals surface area contributed by atoms with Gasteiger partial charge < -0.3 is 4.74 Å². The van der Waals surface area contributed by atoms with Crippen LogP contribution in [0.15, 0.2) is 30.3 Å². The Kier molecular flexibility index (Phi) is 3.46. The van der Waals surface area contributed by atoms with Crippen molar-refractivity contribution in [1.82, 2.24) is 0 Å². The average molecular weight is 266 g/mol. The van der Waals surface area contributed by atoms with Gasteiger partial charge in [-0.05, 0) is 5.56 Å². The summed E-state index contributed by atoms with van der Waals surface area (Å²) in [5, 5.41) is -0.205. The number of hydrogen-bond acceptors (Lipinski definition) is 1. The Hall–Kier alpha value is 0.0500. The molecule has 1 heterocycles. The van der Waals surface area contributed by atoms with Gasteiger partial charge in [0.25, 0.3) is 0 Å². The predicted octanol–water partition coefficient (Wildman–Crippen LogP) is 3.79. The van der Waals surface area contributed by atoms with E-state index in [1.54, 1.807) is 0 Å². The summed E-state index contributed by atoms with van der Waals surface area (Å²) in [6.07, 6.45) is 0. The van der Waals surface area contributed by atoms with Crippen molar-refractivity contribution in [2.45, 2.75) is 9.71 Å². The summed E-state index contributed by atoms with van der Waals surface area (Å²) in [6, 6.07) is 9.79. The Morgan fingerprint density at radius 2 is 1.93 bits per heavy atom. The minimum absolute atomic E-state index is 0.0649. The van der Waals surface area contributed by atoms with Gasteiger partial charge in [-0.3, -0.25) is 0 Å². The standard InChI is InChI=1S/C11H11Cl3O/c12-10(8-4-2-1-3-5-8)9-6-15-7-11(9,13)14/h1-5,9-10H,6-7H2. The van der Waals surface area contributed by atoms with E-state index >= 15 is 0 Å². The van der Waals surface area contributed by atoms with Crippen LogP contribution in [0.4, 0.5) is 0 Å². The summed E-state index contributed by atoms with van der Waals surface area (Å²) in [4.78, 5) is 0. The van der Waals surface area contributed by atoms with Crippen LogP contribution in [0.2, 0.25) is 0 Å². The molecule has 15 heavy (non-hydrogen) atoms. The van der Waals surface area contributed by atoms with Crippen LogP contribution in [-0.4, -0.2) is 17.5 Å². The van der Waals surface area contributed by atoms with Crippen molar-refractivity contribution in [3.63, 3.8) is 0 Å². The maximum Gasteiger partial charge on any atom is 0.148 e. The van der Waals surface area contributed by atoms with Crippen molar-refractivity contribution in [1.29, 1.82) is 0 Å². The molecule has 2 atom stereocenters. The molecule has 1 aromatic rings. The summed E-state index contributed by atoms with van der Waals surface area (Å²) in [5.74, 6) is -0.0649. The normalized spacial score (nSPS) is 26.5. The van der Waals surface area contributed by atoms with Gasteiger partial charge in [0, 0.05) is 5.92 Å². The van der Waals surface area contributed by atoms with Gasteiger partial charge in [0.1, 0.15) is 4.33 Å². The Labute approximate surface area is 104 Å². The molecule has 0 N–H and O–H groups in total. The molecule has 0 aliphatic carbocycles. The van der Waals surface area contributed by atoms with Crippen molar-refractivity contribution in [3.05, 3.63) is 35.9 Å². The van der Waals surface area contributed by atoms with E-state index in [1.807, 2.05) is 30.3 Å². The minimum Gasteiger partial charge on any atom is -0.378 e. The fourth-order valence-corrected chi connectivity index (χ4v) is 2.81. The molecule has 1 nitrogen and oxygen atoms in total. The van der Waals surface area contributed by atoms with Crippen LogP contribution in [0.3, 0.4) is 0 Å². The van der Waals surface area contributed by atoms with Crippen molar-refractivity contribution in [2.75, 3.05) is 13.2 Å². The van der Waals surface area contributed by atoms with Crippen LogP contribution < -0.4 is 0 Å². The molecule has 1 aliphatic heterocycles. The molecular formula is C11H11Cl3O. The van der Waals surface area contributed by atoms with Crippen molar-refractivity contribution in [2.24, 2.45) is 5.92 Å². The molecule has 0 aromatic heterocycles. The monoisotopic (exact) mass is 264 g/mol. The highest BCUT2D eigenvalue weighted by atomic mass is 35.5. The van der Waals surface area contributed by atoms with Crippen LogP contribution in [0.1, 0.15) is 10.9 Å². The van der Waals surface area contributed by atoms with Crippen LogP contribution in [0.5, 0.6) is 0 Å². The molecule has 1 saturated heterocycles. The lowest BCUT2D eigenvalue weighted by Crippen LogP contribution is -2.27. The van der Waals surface area contributed by atoms with Gasteiger partial charge in [-0.25, -0.2) is 0 Å². The predicted molar refractivity (Wildman–Crippen MR) is 63.8 cm³/mol. The summed E-state index contributed by atoms with van der Waals surface area (Å²) in [6.45, 7) is 0.854. The second kappa shape index (κ2) is 4.50. The molecule has 0 saturated carbocycles. The van der Waals surface area contributed by atoms with Gasteiger partial charge in [-0.15, -0.1) is 11.6 Å². The second-order valence-electron chi connectivity index (χ2n) is 3.70. The fourth-order valence-electron chi connectivity index (χ4n) is 1.72. The summed E-state index contributed by atoms with van der Waals surface area (Å²) < 4.78 is 4.39. The zero-order valence-electron chi connectivity index (χ0n) is 8.00. The zero-order valence-corrected chi connectivity index (χ0v) is 10.3. The lowest BCUT2D eigenvalue weighted by molar-refractivity contribution is 0.184. The first kappa shape index (κ1) is 11.5. The van der Waals surface area contributed by atoms with E-state index in [2.05, 4.69) is 0 Å². The highest BCUT2D eigenvalue weighted by Gasteiger charge is 2.45. The maximum absolute atomic E-state index is 6.35. The third kappa shape index (κ3) is 2.42. The first-order chi connectivity index (χ1) is 7.11. The highest BCUT2D eigenvalue weighted by molar-refractivity contribution is 6.49. The van der Waals surface area contributed by atoms with Crippen LogP contribution in [0, 0.1) is 5.92 Å². The Morgan fingerprint density at radius 3 is 2.47 bits per heavy atom. The number of alkyl halides is 3. The molecule has 2 rings (SSSR count). The second-order valence-corrected chi connectivity index (χ2v) is 5.71. The number of ether oxygens (including phenoxy) is 1. The molecule has 2 unspecified atom stereocenters. The Balaban J connectivity index is 2.18. The van der Waals surface area contributed by atoms with E-state index < -0.39 is 4.33 Å². The molecule has 0 amide bonds. The zero-order chi connectivity index (χ0) is 10.9. The Morgan fingerprint density at radius 1 is 1.27 bits per heavy atom. The minimum atomic E-state index is -0.873. The SMILES string of the molecule is ClC(c1ccccc1)C1COCC1(Cl)Cl. The van der Waals surface area contributed by atoms with Gasteiger partial charge in [-0.1, -0.05) is 53.5 Å². The van der Waals surface area contributed by atoms with Gasteiger partial charge in [0.15, 0.2) is 0 Å². The van der Waals surface area contributed by atoms with Gasteiger partial charge >= 0.3 is 0 Å². The van der Waals surface area contributed by atoms with Crippen LogP contribution in [0.25, 0.3) is 0 Å². The third-order valence-electron chi connectivity index (χ3n) is 2.61. The highest BCUT2D eigenvalue weighted by Crippen LogP contribution is 2.45. The van der Waals surface area contributed by atoms with Crippen LogP contribution >= 0.6 is 34.8 Å². The van der Waals surface area contributed by atoms with Crippen LogP contribution in [-0.2, 0) is 4.74 Å². The van der Waals surface area contributed by atoms with Crippen molar-refractivity contribution >= 4 is 34.8 Å². The smallest absolute Gasteiger partial charge is 0.148 e. The summed E-state index contributed by atoms with van der Waals surface area (Å²) in [7, 11) is 0. The molecule has 0 radical (unpaired) electrons. The largest absolute Gasteiger partial charge is 0.378 e. The van der Waals surface area contributed by atoms with Gasteiger partial charge in [-0.2, -0.15) is 0 Å². The molecule has 82 valence electrons. The first-order valence-corrected chi connectivity index (χ1v) is 5.95. The summed E-state index contributed by atoms with van der Waals surface area (Å²) in [5.41, 5.74) is 1.03. The summed E-state index contributed by atoms with van der Waals surface area (Å²) >= 11 is 18.6. The van der Waals surface area contributed by atoms with Gasteiger partial charge in [0.05, 0.1) is 18.6 Å². The first-order valence-electron chi connectivity index (χ1n) is 4.76. The number of halogens is 3. The average Bonchev–Trinajstić information content (AvgIpc) is 2.58. The molecule has 1 aromatic carbocycles. The van der Waals surface area contributed by atoms with Crippen molar-refractivity contribution in [3.8, 4) is 0 Å². The number of hydrogen-bond donors (Lipinski definition) is 0. The van der Waals surface area contributed by atoms with E-state index in [4.69, 9.17) is 39.5 Å². The van der Waals surface area contributed by atoms with Gasteiger partial charge in [0.2, 0.25) is 0 Å². The lowest BCUT2D eigenvalue weighted by atomic mass is 9.97.